The van der Waals surface area contributed by atoms with Crippen LogP contribution in [0.1, 0.15) is 52.1 Å². The maximum atomic E-state index is 13.4. The van der Waals surface area contributed by atoms with Crippen LogP contribution < -0.4 is 0 Å². The SMILES string of the molecule is C[C@@H](c1ccc(F)c(F)c1)N(C)C(=O)CCCN1C(=O)c2ccccc2C1=O. The number of nitrogens with zero attached hydrogens (tertiary/aromatic N) is 2. The van der Waals surface area contributed by atoms with E-state index in [4.69, 9.17) is 0 Å². The fraction of sp³-hybridized carbons (Fsp3) is 0.286. The van der Waals surface area contributed by atoms with Crippen LogP contribution in [0.2, 0.25) is 0 Å². The van der Waals surface area contributed by atoms with E-state index in [1.54, 1.807) is 38.2 Å². The zero-order chi connectivity index (χ0) is 20.4. The van der Waals surface area contributed by atoms with Crippen molar-refractivity contribution in [2.45, 2.75) is 25.8 Å². The summed E-state index contributed by atoms with van der Waals surface area (Å²) in [6, 6.07) is 9.71. The molecule has 0 fully saturated rings. The molecule has 1 aliphatic heterocycles. The average Bonchev–Trinajstić information content (AvgIpc) is 2.94. The third kappa shape index (κ3) is 3.65. The van der Waals surface area contributed by atoms with Crippen molar-refractivity contribution in [3.8, 4) is 0 Å². The number of amides is 3. The number of benzene rings is 2. The van der Waals surface area contributed by atoms with E-state index in [0.29, 0.717) is 23.1 Å². The first-order chi connectivity index (χ1) is 13.3. The highest BCUT2D eigenvalue weighted by Crippen LogP contribution is 2.24. The van der Waals surface area contributed by atoms with Gasteiger partial charge in [0, 0.05) is 20.0 Å². The molecule has 0 saturated carbocycles. The van der Waals surface area contributed by atoms with Gasteiger partial charge in [0.2, 0.25) is 5.91 Å². The molecule has 0 saturated heterocycles. The van der Waals surface area contributed by atoms with E-state index < -0.39 is 17.7 Å². The summed E-state index contributed by atoms with van der Waals surface area (Å²) in [6.45, 7) is 1.86. The van der Waals surface area contributed by atoms with Crippen molar-refractivity contribution < 1.29 is 23.2 Å². The lowest BCUT2D eigenvalue weighted by atomic mass is 10.1. The van der Waals surface area contributed by atoms with E-state index in [1.807, 2.05) is 0 Å². The van der Waals surface area contributed by atoms with Crippen LogP contribution in [0.5, 0.6) is 0 Å². The van der Waals surface area contributed by atoms with Gasteiger partial charge in [-0.2, -0.15) is 0 Å². The molecule has 1 aliphatic rings. The van der Waals surface area contributed by atoms with Gasteiger partial charge >= 0.3 is 0 Å². The largest absolute Gasteiger partial charge is 0.339 e. The fourth-order valence-electron chi connectivity index (χ4n) is 3.22. The molecule has 146 valence electrons. The quantitative estimate of drug-likeness (QED) is 0.714. The van der Waals surface area contributed by atoms with Crippen LogP contribution in [-0.4, -0.2) is 41.1 Å². The molecule has 0 aromatic heterocycles. The van der Waals surface area contributed by atoms with Crippen LogP contribution in [0.25, 0.3) is 0 Å². The van der Waals surface area contributed by atoms with Gasteiger partial charge in [-0.15, -0.1) is 0 Å². The van der Waals surface area contributed by atoms with Crippen LogP contribution in [0, 0.1) is 11.6 Å². The van der Waals surface area contributed by atoms with Crippen LogP contribution in [0.4, 0.5) is 8.78 Å². The summed E-state index contributed by atoms with van der Waals surface area (Å²) in [5.74, 6) is -2.82. The maximum absolute atomic E-state index is 13.4. The Hall–Kier alpha value is -3.09. The number of rotatable bonds is 6. The Morgan fingerprint density at radius 3 is 2.21 bits per heavy atom. The van der Waals surface area contributed by atoms with Gasteiger partial charge < -0.3 is 4.90 Å². The molecule has 28 heavy (non-hydrogen) atoms. The van der Waals surface area contributed by atoms with E-state index in [9.17, 15) is 23.2 Å². The molecule has 3 rings (SSSR count). The summed E-state index contributed by atoms with van der Waals surface area (Å²) in [5.41, 5.74) is 1.24. The number of carbonyl (C=O) groups excluding carboxylic acids is 3. The first kappa shape index (κ1) is 19.7. The summed E-state index contributed by atoms with van der Waals surface area (Å²) in [4.78, 5) is 39.6. The lowest BCUT2D eigenvalue weighted by molar-refractivity contribution is -0.132. The first-order valence-corrected chi connectivity index (χ1v) is 8.97. The van der Waals surface area contributed by atoms with Gasteiger partial charge in [0.25, 0.3) is 11.8 Å². The third-order valence-corrected chi connectivity index (χ3v) is 5.05. The zero-order valence-electron chi connectivity index (χ0n) is 15.6. The number of fused-ring (bicyclic) bond motifs is 1. The van der Waals surface area contributed by atoms with Crippen molar-refractivity contribution in [2.24, 2.45) is 0 Å². The molecular formula is C21H20F2N2O3. The monoisotopic (exact) mass is 386 g/mol. The van der Waals surface area contributed by atoms with Crippen molar-refractivity contribution in [1.29, 1.82) is 0 Å². The number of carbonyl (C=O) groups is 3. The highest BCUT2D eigenvalue weighted by Gasteiger charge is 2.34. The van der Waals surface area contributed by atoms with Gasteiger partial charge in [0.15, 0.2) is 11.6 Å². The number of imide groups is 1. The van der Waals surface area contributed by atoms with Crippen LogP contribution >= 0.6 is 0 Å². The molecule has 2 aromatic carbocycles. The molecule has 0 radical (unpaired) electrons. The van der Waals surface area contributed by atoms with Gasteiger partial charge in [-0.1, -0.05) is 18.2 Å². The molecule has 2 aromatic rings. The van der Waals surface area contributed by atoms with Crippen LogP contribution in [-0.2, 0) is 4.79 Å². The van der Waals surface area contributed by atoms with E-state index >= 15 is 0 Å². The fourth-order valence-corrected chi connectivity index (χ4v) is 3.22. The van der Waals surface area contributed by atoms with E-state index in [2.05, 4.69) is 0 Å². The summed E-state index contributed by atoms with van der Waals surface area (Å²) >= 11 is 0. The van der Waals surface area contributed by atoms with E-state index in [0.717, 1.165) is 17.0 Å². The van der Waals surface area contributed by atoms with Gasteiger partial charge in [0.1, 0.15) is 0 Å². The topological polar surface area (TPSA) is 57.7 Å². The van der Waals surface area contributed by atoms with Gasteiger partial charge in [-0.25, -0.2) is 8.78 Å². The molecule has 7 heteroatoms. The molecule has 0 N–H and O–H groups in total. The molecule has 0 bridgehead atoms. The van der Waals surface area contributed by atoms with Crippen LogP contribution in [0.15, 0.2) is 42.5 Å². The lowest BCUT2D eigenvalue weighted by Gasteiger charge is -2.26. The Morgan fingerprint density at radius 1 is 1.04 bits per heavy atom. The normalized spacial score (nSPS) is 14.2. The van der Waals surface area contributed by atoms with Crippen molar-refractivity contribution in [1.82, 2.24) is 9.80 Å². The number of hydrogen-bond donors (Lipinski definition) is 0. The summed E-state index contributed by atoms with van der Waals surface area (Å²) in [7, 11) is 1.58. The van der Waals surface area contributed by atoms with Gasteiger partial charge in [-0.3, -0.25) is 19.3 Å². The first-order valence-electron chi connectivity index (χ1n) is 8.97. The maximum Gasteiger partial charge on any atom is 0.261 e. The summed E-state index contributed by atoms with van der Waals surface area (Å²) in [5, 5.41) is 0. The van der Waals surface area contributed by atoms with Gasteiger partial charge in [0.05, 0.1) is 17.2 Å². The molecular weight excluding hydrogens is 366 g/mol. The minimum absolute atomic E-state index is 0.123. The van der Waals surface area contributed by atoms with Crippen molar-refractivity contribution >= 4 is 17.7 Å². The predicted molar refractivity (Wildman–Crippen MR) is 98.6 cm³/mol. The van der Waals surface area contributed by atoms with Crippen molar-refractivity contribution in [3.05, 3.63) is 70.8 Å². The Morgan fingerprint density at radius 2 is 1.64 bits per heavy atom. The minimum atomic E-state index is -0.962. The Bertz CT molecular complexity index is 910. The lowest BCUT2D eigenvalue weighted by Crippen LogP contribution is -2.33. The molecule has 0 aliphatic carbocycles. The predicted octanol–water partition coefficient (Wildman–Crippen LogP) is 3.56. The second-order valence-corrected chi connectivity index (χ2v) is 6.77. The number of hydrogen-bond acceptors (Lipinski definition) is 3. The Balaban J connectivity index is 1.56. The van der Waals surface area contributed by atoms with E-state index in [1.165, 1.54) is 11.0 Å². The molecule has 0 unspecified atom stereocenters. The highest BCUT2D eigenvalue weighted by atomic mass is 19.2. The third-order valence-electron chi connectivity index (χ3n) is 5.05. The molecule has 5 nitrogen and oxygen atoms in total. The Kier molecular flexibility index (Phi) is 5.53. The average molecular weight is 386 g/mol. The molecule has 0 spiro atoms. The standard InChI is InChI=1S/C21H20F2N2O3/c1-13(14-9-10-17(22)18(23)12-14)24(2)19(26)8-5-11-25-20(27)15-6-3-4-7-16(15)21(25)28/h3-4,6-7,9-10,12-13H,5,8,11H2,1-2H3/t13-/m0/s1. The van der Waals surface area contributed by atoms with Crippen molar-refractivity contribution in [3.63, 3.8) is 0 Å². The minimum Gasteiger partial charge on any atom is -0.339 e. The van der Waals surface area contributed by atoms with E-state index in [-0.39, 0.29) is 30.7 Å². The van der Waals surface area contributed by atoms with Gasteiger partial charge in [-0.05, 0) is 43.2 Å². The number of halogens is 2. The second-order valence-electron chi connectivity index (χ2n) is 6.77. The molecule has 1 heterocycles. The second kappa shape index (κ2) is 7.88. The summed E-state index contributed by atoms with van der Waals surface area (Å²) < 4.78 is 26.5. The Labute approximate surface area is 161 Å². The molecule has 3 amide bonds. The highest BCUT2D eigenvalue weighted by molar-refractivity contribution is 6.21. The summed E-state index contributed by atoms with van der Waals surface area (Å²) in [6.07, 6.45) is 0.442. The smallest absolute Gasteiger partial charge is 0.261 e. The zero-order valence-corrected chi connectivity index (χ0v) is 15.6. The molecule has 1 atom stereocenters. The van der Waals surface area contributed by atoms with Crippen molar-refractivity contribution in [2.75, 3.05) is 13.6 Å². The van der Waals surface area contributed by atoms with Crippen LogP contribution in [0.3, 0.4) is 0 Å².